The van der Waals surface area contributed by atoms with E-state index in [0.29, 0.717) is 35.2 Å². The van der Waals surface area contributed by atoms with E-state index in [1.807, 2.05) is 37.3 Å². The standard InChI is InChI=1S/C30H39ClN2O6/c1-3-16-37-25-15-14-21(17-27(25)36-2)29(30(35)32-22-10-6-4-5-7-11-22)33(28(34)18-31)19-23-20-38-24-12-8-9-13-26(24)39-23/h8-9,12-15,17,22-23,29H,3-7,10-11,16,18-20H2,1-2H3,(H,32,35)/t23-,29+/m1/s1. The van der Waals surface area contributed by atoms with Crippen molar-refractivity contribution in [1.82, 2.24) is 10.2 Å². The Balaban J connectivity index is 1.65. The summed E-state index contributed by atoms with van der Waals surface area (Å²) in [6, 6.07) is 11.9. The van der Waals surface area contributed by atoms with Gasteiger partial charge in [0.15, 0.2) is 29.1 Å². The highest BCUT2D eigenvalue weighted by molar-refractivity contribution is 6.27. The van der Waals surface area contributed by atoms with Gasteiger partial charge in [0.05, 0.1) is 20.3 Å². The number of nitrogens with zero attached hydrogens (tertiary/aromatic N) is 1. The van der Waals surface area contributed by atoms with Crippen molar-refractivity contribution in [2.24, 2.45) is 0 Å². The van der Waals surface area contributed by atoms with Crippen LogP contribution in [0.15, 0.2) is 42.5 Å². The van der Waals surface area contributed by atoms with Gasteiger partial charge in [0, 0.05) is 6.04 Å². The molecule has 2 aromatic rings. The van der Waals surface area contributed by atoms with Crippen molar-refractivity contribution in [3.05, 3.63) is 48.0 Å². The van der Waals surface area contributed by atoms with Crippen molar-refractivity contribution < 1.29 is 28.5 Å². The van der Waals surface area contributed by atoms with Gasteiger partial charge in [-0.05, 0) is 49.1 Å². The molecule has 1 aliphatic heterocycles. The van der Waals surface area contributed by atoms with Gasteiger partial charge in [0.25, 0.3) is 0 Å². The quantitative estimate of drug-likeness (QED) is 0.299. The van der Waals surface area contributed by atoms with E-state index in [9.17, 15) is 9.59 Å². The molecule has 2 aromatic carbocycles. The van der Waals surface area contributed by atoms with E-state index in [-0.39, 0.29) is 36.9 Å². The topological polar surface area (TPSA) is 86.3 Å². The number of benzene rings is 2. The summed E-state index contributed by atoms with van der Waals surface area (Å²) >= 11 is 6.10. The van der Waals surface area contributed by atoms with Crippen LogP contribution >= 0.6 is 11.6 Å². The van der Waals surface area contributed by atoms with Crippen LogP contribution in [-0.2, 0) is 9.59 Å². The summed E-state index contributed by atoms with van der Waals surface area (Å²) in [5.41, 5.74) is 0.609. The molecule has 0 spiro atoms. The molecule has 2 amide bonds. The fourth-order valence-electron chi connectivity index (χ4n) is 5.16. The van der Waals surface area contributed by atoms with Crippen LogP contribution in [0.3, 0.4) is 0 Å². The number of methoxy groups -OCH3 is 1. The van der Waals surface area contributed by atoms with Gasteiger partial charge in [-0.1, -0.05) is 50.8 Å². The second-order valence-corrected chi connectivity index (χ2v) is 10.3. The second kappa shape index (κ2) is 14.3. The Kier molecular flexibility index (Phi) is 10.6. The summed E-state index contributed by atoms with van der Waals surface area (Å²) in [5, 5.41) is 3.24. The average Bonchev–Trinajstić information content (AvgIpc) is 3.24. The van der Waals surface area contributed by atoms with Crippen LogP contribution in [0.2, 0.25) is 0 Å². The van der Waals surface area contributed by atoms with Crippen LogP contribution in [0.1, 0.15) is 63.5 Å². The molecular weight excluding hydrogens is 520 g/mol. The molecule has 8 nitrogen and oxygen atoms in total. The van der Waals surface area contributed by atoms with E-state index in [2.05, 4.69) is 5.32 Å². The monoisotopic (exact) mass is 558 g/mol. The Morgan fingerprint density at radius 3 is 2.51 bits per heavy atom. The van der Waals surface area contributed by atoms with E-state index >= 15 is 0 Å². The van der Waals surface area contributed by atoms with Gasteiger partial charge in [-0.3, -0.25) is 9.59 Å². The zero-order chi connectivity index (χ0) is 27.6. The molecule has 0 bridgehead atoms. The average molecular weight is 559 g/mol. The highest BCUT2D eigenvalue weighted by Gasteiger charge is 2.36. The van der Waals surface area contributed by atoms with Crippen molar-refractivity contribution in [3.63, 3.8) is 0 Å². The first-order valence-electron chi connectivity index (χ1n) is 13.9. The lowest BCUT2D eigenvalue weighted by Gasteiger charge is -2.36. The summed E-state index contributed by atoms with van der Waals surface area (Å²) in [4.78, 5) is 28.8. The van der Waals surface area contributed by atoms with Crippen molar-refractivity contribution >= 4 is 23.4 Å². The summed E-state index contributed by atoms with van der Waals surface area (Å²) in [6.45, 7) is 2.94. The molecule has 1 aliphatic carbocycles. The van der Waals surface area contributed by atoms with Crippen molar-refractivity contribution in [3.8, 4) is 23.0 Å². The predicted octanol–water partition coefficient (Wildman–Crippen LogP) is 5.27. The van der Waals surface area contributed by atoms with Gasteiger partial charge in [-0.2, -0.15) is 0 Å². The molecule has 1 saturated carbocycles. The van der Waals surface area contributed by atoms with Crippen LogP contribution in [0.4, 0.5) is 0 Å². The molecule has 39 heavy (non-hydrogen) atoms. The van der Waals surface area contributed by atoms with Crippen LogP contribution in [0.25, 0.3) is 0 Å². The molecule has 0 unspecified atom stereocenters. The fourth-order valence-corrected chi connectivity index (χ4v) is 5.32. The Hall–Kier alpha value is -3.13. The maximum atomic E-state index is 14.0. The number of carbonyl (C=O) groups is 2. The number of ether oxygens (including phenoxy) is 4. The number of nitrogens with one attached hydrogen (secondary N) is 1. The molecule has 0 saturated heterocycles. The van der Waals surface area contributed by atoms with Crippen molar-refractivity contribution in [2.45, 2.75) is 70.1 Å². The van der Waals surface area contributed by atoms with Gasteiger partial charge in [-0.15, -0.1) is 11.6 Å². The number of alkyl halides is 1. The molecule has 2 aliphatic rings. The van der Waals surface area contributed by atoms with Gasteiger partial charge in [0.1, 0.15) is 18.5 Å². The Morgan fingerprint density at radius 1 is 1.08 bits per heavy atom. The van der Waals surface area contributed by atoms with Crippen LogP contribution in [0, 0.1) is 0 Å². The first-order chi connectivity index (χ1) is 19.0. The molecule has 9 heteroatoms. The minimum Gasteiger partial charge on any atom is -0.493 e. The SMILES string of the molecule is CCCOc1ccc([C@@H](C(=O)NC2CCCCCC2)N(C[C@@H]2COc3ccccc3O2)C(=O)CCl)cc1OC. The van der Waals surface area contributed by atoms with Gasteiger partial charge >= 0.3 is 0 Å². The third kappa shape index (κ3) is 7.50. The summed E-state index contributed by atoms with van der Waals surface area (Å²) in [7, 11) is 1.56. The number of carbonyl (C=O) groups excluding carboxylic acids is 2. The molecule has 4 rings (SSSR count). The van der Waals surface area contributed by atoms with E-state index in [4.69, 9.17) is 30.5 Å². The molecule has 2 atom stereocenters. The summed E-state index contributed by atoms with van der Waals surface area (Å²) in [5.74, 6) is 1.45. The molecule has 0 radical (unpaired) electrons. The second-order valence-electron chi connectivity index (χ2n) is 10.0. The number of para-hydroxylation sites is 2. The third-order valence-corrected chi connectivity index (χ3v) is 7.36. The summed E-state index contributed by atoms with van der Waals surface area (Å²) < 4.78 is 23.5. The zero-order valence-electron chi connectivity index (χ0n) is 22.8. The smallest absolute Gasteiger partial charge is 0.247 e. The number of amides is 2. The lowest BCUT2D eigenvalue weighted by molar-refractivity contribution is -0.141. The third-order valence-electron chi connectivity index (χ3n) is 7.13. The van der Waals surface area contributed by atoms with Crippen LogP contribution < -0.4 is 24.3 Å². The van der Waals surface area contributed by atoms with Crippen molar-refractivity contribution in [1.29, 1.82) is 0 Å². The minimum absolute atomic E-state index is 0.0608. The first-order valence-corrected chi connectivity index (χ1v) is 14.4. The number of hydrogen-bond donors (Lipinski definition) is 1. The Labute approximate surface area is 235 Å². The predicted molar refractivity (Wildman–Crippen MR) is 150 cm³/mol. The largest absolute Gasteiger partial charge is 0.493 e. The maximum absolute atomic E-state index is 14.0. The van der Waals surface area contributed by atoms with E-state index in [1.54, 1.807) is 19.2 Å². The highest BCUT2D eigenvalue weighted by atomic mass is 35.5. The van der Waals surface area contributed by atoms with Crippen LogP contribution in [-0.4, -0.2) is 61.6 Å². The molecule has 1 heterocycles. The number of rotatable bonds is 11. The number of hydrogen-bond acceptors (Lipinski definition) is 6. The molecule has 1 N–H and O–H groups in total. The van der Waals surface area contributed by atoms with E-state index in [0.717, 1.165) is 32.1 Å². The lowest BCUT2D eigenvalue weighted by Crippen LogP contribution is -2.51. The zero-order valence-corrected chi connectivity index (χ0v) is 23.6. The first kappa shape index (κ1) is 28.9. The number of fused-ring (bicyclic) bond motifs is 1. The van der Waals surface area contributed by atoms with Gasteiger partial charge < -0.3 is 29.2 Å². The molecule has 0 aromatic heterocycles. The normalized spacial score (nSPS) is 18.0. The van der Waals surface area contributed by atoms with E-state index < -0.39 is 12.1 Å². The van der Waals surface area contributed by atoms with E-state index in [1.165, 1.54) is 17.7 Å². The van der Waals surface area contributed by atoms with Gasteiger partial charge in [-0.25, -0.2) is 0 Å². The fraction of sp³-hybridized carbons (Fsp3) is 0.533. The summed E-state index contributed by atoms with van der Waals surface area (Å²) in [6.07, 6.45) is 6.70. The minimum atomic E-state index is -0.936. The Bertz CT molecular complexity index is 1100. The lowest BCUT2D eigenvalue weighted by atomic mass is 10.0. The van der Waals surface area contributed by atoms with Gasteiger partial charge in [0.2, 0.25) is 11.8 Å². The Morgan fingerprint density at radius 2 is 1.82 bits per heavy atom. The van der Waals surface area contributed by atoms with Crippen LogP contribution in [0.5, 0.6) is 23.0 Å². The number of halogens is 1. The molecular formula is C30H39ClN2O6. The maximum Gasteiger partial charge on any atom is 0.247 e. The molecule has 212 valence electrons. The molecule has 1 fully saturated rings. The highest BCUT2D eigenvalue weighted by Crippen LogP contribution is 2.35. The van der Waals surface area contributed by atoms with Crippen molar-refractivity contribution in [2.75, 3.05) is 32.7 Å².